The molecule has 1 aromatic rings. The van der Waals surface area contributed by atoms with E-state index in [1.807, 2.05) is 43.4 Å². The second-order valence-corrected chi connectivity index (χ2v) is 4.78. The van der Waals surface area contributed by atoms with Crippen LogP contribution in [0.4, 0.5) is 4.39 Å². The molecule has 0 spiro atoms. The summed E-state index contributed by atoms with van der Waals surface area (Å²) >= 11 is 1.88. The lowest BCUT2D eigenvalue weighted by molar-refractivity contribution is 0.289. The molecular weight excluding hydrogens is 286 g/mol. The van der Waals surface area contributed by atoms with Crippen molar-refractivity contribution in [3.05, 3.63) is 9.52 Å². The van der Waals surface area contributed by atoms with Gasteiger partial charge in [-0.25, -0.2) is 4.68 Å². The van der Waals surface area contributed by atoms with Crippen LogP contribution in [0, 0.1) is 9.52 Å². The molecule has 0 N–H and O–H groups in total. The Morgan fingerprint density at radius 3 is 2.23 bits per heavy atom. The van der Waals surface area contributed by atoms with E-state index >= 15 is 0 Å². The molecule has 0 atom stereocenters. The number of nitrogens with zero attached hydrogens (tertiary/aromatic N) is 2. The molecule has 0 aliphatic heterocycles. The summed E-state index contributed by atoms with van der Waals surface area (Å²) in [5.74, 6) is -0.00187. The van der Waals surface area contributed by atoms with E-state index in [2.05, 4.69) is 5.10 Å². The minimum absolute atomic E-state index is 0.341. The van der Waals surface area contributed by atoms with Gasteiger partial charge in [0.15, 0.2) is 0 Å². The smallest absolute Gasteiger partial charge is 0.249 e. The highest BCUT2D eigenvalue weighted by Crippen LogP contribution is 2.26. The second kappa shape index (κ2) is 3.43. The molecule has 0 aromatic carbocycles. The minimum atomic E-state index is -0.360. The molecule has 0 aliphatic carbocycles. The molecule has 1 aromatic heterocycles. The molecule has 0 radical (unpaired) electrons. The maximum absolute atomic E-state index is 13.5. The first-order valence-electron chi connectivity index (χ1n) is 3.86. The summed E-state index contributed by atoms with van der Waals surface area (Å²) in [6, 6.07) is 0. The second-order valence-electron chi connectivity index (χ2n) is 3.70. The summed E-state index contributed by atoms with van der Waals surface area (Å²) in [5, 5.41) is 4.01. The molecule has 13 heavy (non-hydrogen) atoms. The summed E-state index contributed by atoms with van der Waals surface area (Å²) in [6.45, 7) is 5.66. The monoisotopic (exact) mass is 298 g/mol. The van der Waals surface area contributed by atoms with Crippen LogP contribution >= 0.6 is 22.6 Å². The molecule has 0 saturated heterocycles. The van der Waals surface area contributed by atoms with Crippen molar-refractivity contribution in [1.29, 1.82) is 0 Å². The lowest BCUT2D eigenvalue weighted by Crippen LogP contribution is -2.24. The maximum atomic E-state index is 13.5. The number of ether oxygens (including phenoxy) is 1. The number of methoxy groups -OCH3 is 1. The van der Waals surface area contributed by atoms with Gasteiger partial charge in [-0.05, 0) is 43.4 Å². The van der Waals surface area contributed by atoms with Gasteiger partial charge in [0, 0.05) is 0 Å². The van der Waals surface area contributed by atoms with Gasteiger partial charge in [-0.1, -0.05) is 0 Å². The molecule has 0 aliphatic rings. The van der Waals surface area contributed by atoms with Crippen LogP contribution < -0.4 is 4.74 Å². The zero-order chi connectivity index (χ0) is 10.2. The third-order valence-corrected chi connectivity index (χ3v) is 2.48. The van der Waals surface area contributed by atoms with E-state index in [1.165, 1.54) is 11.8 Å². The van der Waals surface area contributed by atoms with E-state index in [4.69, 9.17) is 4.74 Å². The van der Waals surface area contributed by atoms with Gasteiger partial charge in [0.25, 0.3) is 0 Å². The van der Waals surface area contributed by atoms with E-state index in [0.29, 0.717) is 9.45 Å². The highest BCUT2D eigenvalue weighted by atomic mass is 127. The van der Waals surface area contributed by atoms with Crippen LogP contribution in [0.15, 0.2) is 0 Å². The van der Waals surface area contributed by atoms with Crippen molar-refractivity contribution in [1.82, 2.24) is 9.78 Å². The van der Waals surface area contributed by atoms with Gasteiger partial charge in [-0.3, -0.25) is 0 Å². The number of hydrogen-bond acceptors (Lipinski definition) is 2. The van der Waals surface area contributed by atoms with Crippen molar-refractivity contribution >= 4 is 22.6 Å². The van der Waals surface area contributed by atoms with Crippen molar-refractivity contribution in [3.8, 4) is 5.88 Å². The minimum Gasteiger partial charge on any atom is -0.479 e. The lowest BCUT2D eigenvalue weighted by atomic mass is 10.1. The van der Waals surface area contributed by atoms with E-state index in [9.17, 15) is 4.39 Å². The molecule has 0 amide bonds. The number of hydrogen-bond donors (Lipinski definition) is 0. The Labute approximate surface area is 90.4 Å². The van der Waals surface area contributed by atoms with Crippen molar-refractivity contribution < 1.29 is 9.13 Å². The first-order valence-corrected chi connectivity index (χ1v) is 4.94. The number of aromatic nitrogens is 2. The van der Waals surface area contributed by atoms with Crippen molar-refractivity contribution in [2.45, 2.75) is 26.3 Å². The Hall–Kier alpha value is -0.330. The average Bonchev–Trinajstić information content (AvgIpc) is 2.28. The molecule has 5 heteroatoms. The molecule has 0 saturated carbocycles. The van der Waals surface area contributed by atoms with Gasteiger partial charge in [-0.15, -0.1) is 5.10 Å². The molecule has 0 unspecified atom stereocenters. The fourth-order valence-electron chi connectivity index (χ4n) is 0.935. The Balaban J connectivity index is 3.25. The molecule has 3 nitrogen and oxygen atoms in total. The third-order valence-electron chi connectivity index (χ3n) is 1.57. The zero-order valence-corrected chi connectivity index (χ0v) is 10.2. The third kappa shape index (κ3) is 1.95. The quantitative estimate of drug-likeness (QED) is 0.744. The van der Waals surface area contributed by atoms with Crippen LogP contribution in [0.25, 0.3) is 0 Å². The summed E-state index contributed by atoms with van der Waals surface area (Å²) < 4.78 is 20.2. The van der Waals surface area contributed by atoms with Crippen LogP contribution in [0.2, 0.25) is 0 Å². The van der Waals surface area contributed by atoms with Crippen molar-refractivity contribution in [2.75, 3.05) is 7.11 Å². The van der Waals surface area contributed by atoms with Gasteiger partial charge < -0.3 is 4.74 Å². The van der Waals surface area contributed by atoms with Gasteiger partial charge >= 0.3 is 0 Å². The fourth-order valence-corrected chi connectivity index (χ4v) is 1.49. The highest BCUT2D eigenvalue weighted by Gasteiger charge is 2.24. The number of rotatable bonds is 1. The van der Waals surface area contributed by atoms with E-state index in [0.717, 1.165) is 0 Å². The van der Waals surface area contributed by atoms with E-state index in [1.54, 1.807) is 0 Å². The van der Waals surface area contributed by atoms with Gasteiger partial charge in [0.05, 0.1) is 12.6 Å². The van der Waals surface area contributed by atoms with Crippen LogP contribution in [0.5, 0.6) is 5.88 Å². The molecule has 74 valence electrons. The van der Waals surface area contributed by atoms with E-state index < -0.39 is 0 Å². The molecule has 0 fully saturated rings. The fraction of sp³-hybridized carbons (Fsp3) is 0.625. The molecule has 1 heterocycles. The summed E-state index contributed by atoms with van der Waals surface area (Å²) in [6.07, 6.45) is 0. The summed E-state index contributed by atoms with van der Waals surface area (Å²) in [4.78, 5) is 0. The normalized spacial score (nSPS) is 11.8. The summed E-state index contributed by atoms with van der Waals surface area (Å²) in [7, 11) is 1.48. The van der Waals surface area contributed by atoms with Crippen molar-refractivity contribution in [2.24, 2.45) is 0 Å². The van der Waals surface area contributed by atoms with Crippen LogP contribution in [0.1, 0.15) is 20.8 Å². The van der Waals surface area contributed by atoms with Crippen LogP contribution in [-0.2, 0) is 5.54 Å². The van der Waals surface area contributed by atoms with E-state index in [-0.39, 0.29) is 11.5 Å². The SMILES string of the molecule is COc1nn(C(C)(C)C)c(F)c1I. The predicted molar refractivity (Wildman–Crippen MR) is 56.5 cm³/mol. The number of halogens is 2. The first kappa shape index (κ1) is 10.7. The Morgan fingerprint density at radius 2 is 2.00 bits per heavy atom. The average molecular weight is 298 g/mol. The first-order chi connectivity index (χ1) is 5.88. The predicted octanol–water partition coefficient (Wildman–Crippen LogP) is 2.39. The molecular formula is C8H12FIN2O. The Morgan fingerprint density at radius 1 is 1.46 bits per heavy atom. The van der Waals surface area contributed by atoms with Gasteiger partial charge in [-0.2, -0.15) is 4.39 Å². The lowest BCUT2D eigenvalue weighted by Gasteiger charge is -2.18. The molecule has 1 rings (SSSR count). The zero-order valence-electron chi connectivity index (χ0n) is 8.06. The Bertz CT molecular complexity index is 317. The largest absolute Gasteiger partial charge is 0.479 e. The topological polar surface area (TPSA) is 27.1 Å². The Kier molecular flexibility index (Phi) is 2.84. The van der Waals surface area contributed by atoms with Crippen molar-refractivity contribution in [3.63, 3.8) is 0 Å². The van der Waals surface area contributed by atoms with Crippen LogP contribution in [0.3, 0.4) is 0 Å². The van der Waals surface area contributed by atoms with Crippen LogP contribution in [-0.4, -0.2) is 16.9 Å². The summed E-state index contributed by atoms with van der Waals surface area (Å²) in [5.41, 5.74) is -0.360. The van der Waals surface area contributed by atoms with Gasteiger partial charge in [0.2, 0.25) is 11.8 Å². The standard InChI is InChI=1S/C8H12FIN2O/c1-8(2,3)12-6(9)5(10)7(11-12)13-4/h1-4H3. The molecule has 0 bridgehead atoms. The highest BCUT2D eigenvalue weighted by molar-refractivity contribution is 14.1. The van der Waals surface area contributed by atoms with Gasteiger partial charge in [0.1, 0.15) is 3.57 Å². The maximum Gasteiger partial charge on any atom is 0.249 e.